The summed E-state index contributed by atoms with van der Waals surface area (Å²) in [5.74, 6) is 0.171. The topological polar surface area (TPSA) is 78.8 Å². The molecule has 1 aromatic heterocycles. The average Bonchev–Trinajstić information content (AvgIpc) is 3.07. The molecule has 2 aliphatic heterocycles. The number of hydrogen-bond donors (Lipinski definition) is 0. The minimum absolute atomic E-state index is 0.0641. The van der Waals surface area contributed by atoms with Crippen LogP contribution in [0.2, 0.25) is 0 Å². The van der Waals surface area contributed by atoms with Gasteiger partial charge in [0, 0.05) is 45.3 Å². The van der Waals surface area contributed by atoms with Crippen LogP contribution in [0.5, 0.6) is 0 Å². The summed E-state index contributed by atoms with van der Waals surface area (Å²) in [6.07, 6.45) is 7.75. The quantitative estimate of drug-likeness (QED) is 0.604. The van der Waals surface area contributed by atoms with E-state index >= 15 is 0 Å². The fraction of sp³-hybridized carbons (Fsp3) is 0.789. The van der Waals surface area contributed by atoms with E-state index in [0.29, 0.717) is 32.6 Å². The second kappa shape index (κ2) is 9.37. The lowest BCUT2D eigenvalue weighted by Crippen LogP contribution is -2.63. The van der Waals surface area contributed by atoms with Crippen molar-refractivity contribution in [2.75, 3.05) is 45.0 Å². The fourth-order valence-electron chi connectivity index (χ4n) is 3.94. The third kappa shape index (κ3) is 5.33. The van der Waals surface area contributed by atoms with E-state index in [2.05, 4.69) is 10.00 Å². The molecular weight excluding hydrogens is 378 g/mol. The van der Waals surface area contributed by atoms with Crippen molar-refractivity contribution in [2.24, 2.45) is 0 Å². The van der Waals surface area contributed by atoms with Gasteiger partial charge in [-0.3, -0.25) is 9.48 Å². The Hall–Kier alpha value is -1.45. The first-order valence-corrected chi connectivity index (χ1v) is 12.0. The molecule has 1 amide bonds. The smallest absolute Gasteiger partial charge is 0.224 e. The predicted molar refractivity (Wildman–Crippen MR) is 108 cm³/mol. The minimum Gasteiger partial charge on any atom is -0.339 e. The number of piperidine rings is 1. The van der Waals surface area contributed by atoms with Crippen LogP contribution in [-0.4, -0.2) is 89.3 Å². The Morgan fingerprint density at radius 1 is 1.21 bits per heavy atom. The predicted octanol–water partition coefficient (Wildman–Crippen LogP) is 0.930. The second-order valence-corrected chi connectivity index (χ2v) is 10.1. The highest BCUT2D eigenvalue weighted by atomic mass is 32.2. The van der Waals surface area contributed by atoms with Crippen molar-refractivity contribution >= 4 is 15.9 Å². The Balaban J connectivity index is 1.49. The maximum atomic E-state index is 12.6. The number of aromatic nitrogens is 2. The lowest BCUT2D eigenvalue weighted by molar-refractivity contribution is -0.137. The molecule has 0 radical (unpaired) electrons. The first-order valence-electron chi connectivity index (χ1n) is 10.4. The van der Waals surface area contributed by atoms with Crippen LogP contribution in [0.1, 0.15) is 38.2 Å². The molecule has 0 N–H and O–H groups in total. The van der Waals surface area contributed by atoms with E-state index in [1.54, 1.807) is 27.0 Å². The molecular formula is C19H33N5O3S. The van der Waals surface area contributed by atoms with E-state index in [4.69, 9.17) is 0 Å². The highest BCUT2D eigenvalue weighted by Gasteiger charge is 2.39. The Labute approximate surface area is 168 Å². The number of hydrogen-bond acceptors (Lipinski definition) is 5. The van der Waals surface area contributed by atoms with Crippen LogP contribution in [0.25, 0.3) is 0 Å². The van der Waals surface area contributed by atoms with Crippen molar-refractivity contribution in [3.63, 3.8) is 0 Å². The molecule has 3 rings (SSSR count). The van der Waals surface area contributed by atoms with Crippen LogP contribution in [0.15, 0.2) is 12.4 Å². The van der Waals surface area contributed by atoms with Crippen molar-refractivity contribution in [2.45, 2.75) is 52.1 Å². The SMILES string of the molecule is CCS(=O)(=O)N(CCN1CCCCC1)C1CN(C(=O)CCn2cc(C)cn2)C1. The molecule has 2 fully saturated rings. The van der Waals surface area contributed by atoms with Crippen molar-refractivity contribution < 1.29 is 13.2 Å². The van der Waals surface area contributed by atoms with Crippen LogP contribution in [0.3, 0.4) is 0 Å². The van der Waals surface area contributed by atoms with E-state index in [1.165, 1.54) is 19.3 Å². The number of carbonyl (C=O) groups is 1. The van der Waals surface area contributed by atoms with Gasteiger partial charge in [-0.05, 0) is 45.3 Å². The summed E-state index contributed by atoms with van der Waals surface area (Å²) in [4.78, 5) is 16.5. The summed E-state index contributed by atoms with van der Waals surface area (Å²) in [7, 11) is -3.27. The Bertz CT molecular complexity index is 751. The average molecular weight is 412 g/mol. The van der Waals surface area contributed by atoms with E-state index in [1.807, 2.05) is 13.1 Å². The largest absolute Gasteiger partial charge is 0.339 e. The van der Waals surface area contributed by atoms with Gasteiger partial charge in [0.2, 0.25) is 15.9 Å². The van der Waals surface area contributed by atoms with Crippen LogP contribution in [0, 0.1) is 6.92 Å². The van der Waals surface area contributed by atoms with Gasteiger partial charge in [0.25, 0.3) is 0 Å². The van der Waals surface area contributed by atoms with Crippen molar-refractivity contribution in [1.82, 2.24) is 23.9 Å². The Morgan fingerprint density at radius 2 is 1.93 bits per heavy atom. The molecule has 28 heavy (non-hydrogen) atoms. The van der Waals surface area contributed by atoms with Gasteiger partial charge in [0.15, 0.2) is 0 Å². The molecule has 0 atom stereocenters. The monoisotopic (exact) mass is 411 g/mol. The number of amides is 1. The summed E-state index contributed by atoms with van der Waals surface area (Å²) in [6, 6.07) is -0.0920. The molecule has 2 aliphatic rings. The van der Waals surface area contributed by atoms with Gasteiger partial charge in [0.1, 0.15) is 0 Å². The molecule has 0 saturated carbocycles. The molecule has 3 heterocycles. The number of aryl methyl sites for hydroxylation is 2. The lowest BCUT2D eigenvalue weighted by Gasteiger charge is -2.45. The summed E-state index contributed by atoms with van der Waals surface area (Å²) in [6.45, 7) is 8.63. The van der Waals surface area contributed by atoms with E-state index in [0.717, 1.165) is 25.2 Å². The van der Waals surface area contributed by atoms with E-state index in [-0.39, 0.29) is 17.7 Å². The van der Waals surface area contributed by atoms with Crippen molar-refractivity contribution in [1.29, 1.82) is 0 Å². The van der Waals surface area contributed by atoms with E-state index in [9.17, 15) is 13.2 Å². The number of sulfonamides is 1. The molecule has 2 saturated heterocycles. The van der Waals surface area contributed by atoms with Gasteiger partial charge >= 0.3 is 0 Å². The van der Waals surface area contributed by atoms with Gasteiger partial charge in [0.05, 0.1) is 18.0 Å². The van der Waals surface area contributed by atoms with Crippen molar-refractivity contribution in [3.05, 3.63) is 18.0 Å². The third-order valence-corrected chi connectivity index (χ3v) is 7.67. The zero-order valence-corrected chi connectivity index (χ0v) is 17.9. The maximum absolute atomic E-state index is 12.6. The zero-order chi connectivity index (χ0) is 20.1. The van der Waals surface area contributed by atoms with Gasteiger partial charge < -0.3 is 9.80 Å². The highest BCUT2D eigenvalue weighted by Crippen LogP contribution is 2.20. The standard InChI is InChI=1S/C19H33N5O3S/c1-3-28(26,27)24(12-11-21-8-5-4-6-9-21)18-15-22(16-18)19(25)7-10-23-14-17(2)13-20-23/h13-14,18H,3-12,15-16H2,1-2H3. The lowest BCUT2D eigenvalue weighted by atomic mass is 10.1. The number of carbonyl (C=O) groups excluding carboxylic acids is 1. The molecule has 0 spiro atoms. The summed E-state index contributed by atoms with van der Waals surface area (Å²) in [5.41, 5.74) is 1.07. The molecule has 0 unspecified atom stereocenters. The number of nitrogens with zero attached hydrogens (tertiary/aromatic N) is 5. The molecule has 8 nitrogen and oxygen atoms in total. The number of likely N-dealkylation sites (tertiary alicyclic amines) is 2. The first kappa shape index (κ1) is 21.3. The molecule has 0 aromatic carbocycles. The van der Waals surface area contributed by atoms with Crippen molar-refractivity contribution in [3.8, 4) is 0 Å². The van der Waals surface area contributed by atoms with Crippen LogP contribution >= 0.6 is 0 Å². The molecule has 9 heteroatoms. The Morgan fingerprint density at radius 3 is 2.54 bits per heavy atom. The Kier molecular flexibility index (Phi) is 7.11. The third-order valence-electron chi connectivity index (χ3n) is 5.75. The summed E-state index contributed by atoms with van der Waals surface area (Å²) in [5, 5.41) is 4.20. The molecule has 158 valence electrons. The van der Waals surface area contributed by atoms with Crippen LogP contribution in [-0.2, 0) is 21.4 Å². The maximum Gasteiger partial charge on any atom is 0.224 e. The van der Waals surface area contributed by atoms with Crippen LogP contribution < -0.4 is 0 Å². The van der Waals surface area contributed by atoms with Crippen LogP contribution in [0.4, 0.5) is 0 Å². The normalized spacial score (nSPS) is 19.2. The number of rotatable bonds is 9. The fourth-order valence-corrected chi connectivity index (χ4v) is 5.22. The van der Waals surface area contributed by atoms with Gasteiger partial charge in [-0.1, -0.05) is 6.42 Å². The first-order chi connectivity index (χ1) is 13.4. The van der Waals surface area contributed by atoms with Gasteiger partial charge in [-0.25, -0.2) is 8.42 Å². The molecule has 0 aliphatic carbocycles. The molecule has 0 bridgehead atoms. The van der Waals surface area contributed by atoms with Gasteiger partial charge in [-0.2, -0.15) is 9.40 Å². The van der Waals surface area contributed by atoms with Gasteiger partial charge in [-0.15, -0.1) is 0 Å². The molecule has 1 aromatic rings. The second-order valence-electron chi connectivity index (χ2n) is 7.90. The van der Waals surface area contributed by atoms with E-state index < -0.39 is 10.0 Å². The highest BCUT2D eigenvalue weighted by molar-refractivity contribution is 7.89. The zero-order valence-electron chi connectivity index (χ0n) is 17.1. The minimum atomic E-state index is -3.27. The summed E-state index contributed by atoms with van der Waals surface area (Å²) < 4.78 is 28.6. The summed E-state index contributed by atoms with van der Waals surface area (Å²) >= 11 is 0.